The molecular formula is C19H21F3N2O2S. The second-order valence-electron chi connectivity index (χ2n) is 5.78. The number of thioether (sulfide) groups is 1. The molecule has 27 heavy (non-hydrogen) atoms. The third-order valence-electron chi connectivity index (χ3n) is 3.84. The van der Waals surface area contributed by atoms with Gasteiger partial charge >= 0.3 is 12.3 Å². The first kappa shape index (κ1) is 21.0. The van der Waals surface area contributed by atoms with Gasteiger partial charge in [-0.1, -0.05) is 12.1 Å². The summed E-state index contributed by atoms with van der Waals surface area (Å²) in [6.45, 7) is 2.11. The molecule has 146 valence electrons. The van der Waals surface area contributed by atoms with Crippen LogP contribution in [0.3, 0.4) is 0 Å². The maximum Gasteiger partial charge on any atom is 0.418 e. The van der Waals surface area contributed by atoms with E-state index in [9.17, 15) is 18.0 Å². The predicted molar refractivity (Wildman–Crippen MR) is 102 cm³/mol. The van der Waals surface area contributed by atoms with Gasteiger partial charge in [-0.05, 0) is 49.1 Å². The van der Waals surface area contributed by atoms with Crippen molar-refractivity contribution in [1.82, 2.24) is 0 Å². The highest BCUT2D eigenvalue weighted by atomic mass is 32.2. The number of amides is 1. The van der Waals surface area contributed by atoms with E-state index in [1.165, 1.54) is 12.1 Å². The number of alkyl halides is 3. The number of anilines is 2. The zero-order valence-corrected chi connectivity index (χ0v) is 16.1. The van der Waals surface area contributed by atoms with Crippen LogP contribution in [0.2, 0.25) is 0 Å². The molecule has 2 aromatic rings. The summed E-state index contributed by atoms with van der Waals surface area (Å²) >= 11 is 1.62. The van der Waals surface area contributed by atoms with Crippen LogP contribution in [0.1, 0.15) is 18.1 Å². The lowest BCUT2D eigenvalue weighted by Gasteiger charge is -2.22. The molecule has 4 nitrogen and oxygen atoms in total. The number of hydrogen-bond donors (Lipinski definition) is 1. The molecule has 8 heteroatoms. The Kier molecular flexibility index (Phi) is 7.01. The van der Waals surface area contributed by atoms with Crippen LogP contribution >= 0.6 is 11.8 Å². The predicted octanol–water partition coefficient (Wildman–Crippen LogP) is 5.63. The summed E-state index contributed by atoms with van der Waals surface area (Å²) in [6, 6.07) is 11.6. The second kappa shape index (κ2) is 9.03. The molecule has 0 saturated carbocycles. The van der Waals surface area contributed by atoms with E-state index in [0.717, 1.165) is 16.5 Å². The number of rotatable bonds is 6. The lowest BCUT2D eigenvalue weighted by Crippen LogP contribution is -2.20. The fourth-order valence-electron chi connectivity index (χ4n) is 2.49. The zero-order chi connectivity index (χ0) is 20.0. The third-order valence-corrected chi connectivity index (χ3v) is 4.58. The van der Waals surface area contributed by atoms with Gasteiger partial charge in [0.2, 0.25) is 0 Å². The Morgan fingerprint density at radius 2 is 1.85 bits per heavy atom. The van der Waals surface area contributed by atoms with Crippen LogP contribution in [0.4, 0.5) is 29.3 Å². The van der Waals surface area contributed by atoms with E-state index in [0.29, 0.717) is 12.2 Å². The Balaban J connectivity index is 2.24. The molecule has 0 heterocycles. The molecule has 2 rings (SSSR count). The van der Waals surface area contributed by atoms with Crippen LogP contribution in [-0.4, -0.2) is 26.0 Å². The average Bonchev–Trinajstić information content (AvgIpc) is 2.62. The molecule has 0 bridgehead atoms. The quantitative estimate of drug-likeness (QED) is 0.640. The van der Waals surface area contributed by atoms with Gasteiger partial charge in [0.1, 0.15) is 0 Å². The lowest BCUT2D eigenvalue weighted by atomic mass is 10.1. The molecule has 2 aromatic carbocycles. The third kappa shape index (κ3) is 5.82. The Labute approximate surface area is 160 Å². The largest absolute Gasteiger partial charge is 0.450 e. The minimum absolute atomic E-state index is 0.0728. The molecule has 0 spiro atoms. The minimum atomic E-state index is -4.61. The van der Waals surface area contributed by atoms with Crippen molar-refractivity contribution in [3.05, 3.63) is 53.6 Å². The Morgan fingerprint density at radius 1 is 1.19 bits per heavy atom. The standard InChI is InChI=1S/C19H21F3N2O2S/c1-4-26-18(25)23-17-10-7-14(11-16(17)19(20,21)22)24(2)12-13-5-8-15(27-3)9-6-13/h5-11H,4,12H2,1-3H3,(H,23,25). The topological polar surface area (TPSA) is 41.6 Å². The van der Waals surface area contributed by atoms with E-state index in [-0.39, 0.29) is 12.3 Å². The highest BCUT2D eigenvalue weighted by Crippen LogP contribution is 2.37. The molecule has 0 fully saturated rings. The zero-order valence-electron chi connectivity index (χ0n) is 15.3. The first-order valence-corrected chi connectivity index (χ1v) is 9.46. The number of nitrogens with zero attached hydrogens (tertiary/aromatic N) is 1. The van der Waals surface area contributed by atoms with Gasteiger partial charge in [-0.2, -0.15) is 13.2 Å². The number of ether oxygens (including phenoxy) is 1. The van der Waals surface area contributed by atoms with Crippen LogP contribution in [0, 0.1) is 0 Å². The van der Waals surface area contributed by atoms with Crippen molar-refractivity contribution in [2.24, 2.45) is 0 Å². The summed E-state index contributed by atoms with van der Waals surface area (Å²) in [5.41, 5.74) is 0.128. The minimum Gasteiger partial charge on any atom is -0.450 e. The smallest absolute Gasteiger partial charge is 0.418 e. The van der Waals surface area contributed by atoms with E-state index in [1.807, 2.05) is 30.5 Å². The number of carbonyl (C=O) groups is 1. The summed E-state index contributed by atoms with van der Waals surface area (Å²) in [4.78, 5) is 14.3. The van der Waals surface area contributed by atoms with Crippen LogP contribution in [0.5, 0.6) is 0 Å². The SMILES string of the molecule is CCOC(=O)Nc1ccc(N(C)Cc2ccc(SC)cc2)cc1C(F)(F)F. The van der Waals surface area contributed by atoms with E-state index in [1.54, 1.807) is 30.6 Å². The average molecular weight is 398 g/mol. The van der Waals surface area contributed by atoms with E-state index in [2.05, 4.69) is 10.1 Å². The van der Waals surface area contributed by atoms with Crippen LogP contribution in [0.25, 0.3) is 0 Å². The van der Waals surface area contributed by atoms with Crippen molar-refractivity contribution in [2.45, 2.75) is 24.5 Å². The van der Waals surface area contributed by atoms with Crippen molar-refractivity contribution < 1.29 is 22.7 Å². The van der Waals surface area contributed by atoms with Crippen molar-refractivity contribution in [3.8, 4) is 0 Å². The first-order valence-electron chi connectivity index (χ1n) is 8.23. The fraction of sp³-hybridized carbons (Fsp3) is 0.316. The molecule has 0 saturated heterocycles. The Bertz CT molecular complexity index is 780. The van der Waals surface area contributed by atoms with Gasteiger partial charge in [-0.25, -0.2) is 4.79 Å². The van der Waals surface area contributed by atoms with Crippen LogP contribution in [0.15, 0.2) is 47.4 Å². The summed E-state index contributed by atoms with van der Waals surface area (Å²) in [5.74, 6) is 0. The number of nitrogens with one attached hydrogen (secondary N) is 1. The Hall–Kier alpha value is -2.35. The molecule has 0 aliphatic carbocycles. The number of carbonyl (C=O) groups excluding carboxylic acids is 1. The molecule has 0 radical (unpaired) electrons. The van der Waals surface area contributed by atoms with Crippen molar-refractivity contribution in [1.29, 1.82) is 0 Å². The molecular weight excluding hydrogens is 377 g/mol. The maximum absolute atomic E-state index is 13.4. The highest BCUT2D eigenvalue weighted by Gasteiger charge is 2.34. The van der Waals surface area contributed by atoms with Crippen LogP contribution in [-0.2, 0) is 17.5 Å². The van der Waals surface area contributed by atoms with Crippen molar-refractivity contribution >= 4 is 29.2 Å². The summed E-state index contributed by atoms with van der Waals surface area (Å²) in [6.07, 6.45) is -3.55. The molecule has 0 aliphatic heterocycles. The van der Waals surface area contributed by atoms with Gasteiger partial charge < -0.3 is 9.64 Å². The maximum atomic E-state index is 13.4. The summed E-state index contributed by atoms with van der Waals surface area (Å²) in [7, 11) is 1.72. The molecule has 1 N–H and O–H groups in total. The highest BCUT2D eigenvalue weighted by molar-refractivity contribution is 7.98. The van der Waals surface area contributed by atoms with Gasteiger partial charge in [0.05, 0.1) is 17.9 Å². The van der Waals surface area contributed by atoms with Gasteiger partial charge in [0, 0.05) is 24.2 Å². The lowest BCUT2D eigenvalue weighted by molar-refractivity contribution is -0.136. The summed E-state index contributed by atoms with van der Waals surface area (Å²) in [5, 5.41) is 2.14. The van der Waals surface area contributed by atoms with Gasteiger partial charge in [0.15, 0.2) is 0 Å². The van der Waals surface area contributed by atoms with Gasteiger partial charge in [-0.3, -0.25) is 5.32 Å². The molecule has 0 aliphatic rings. The number of halogens is 3. The molecule has 0 atom stereocenters. The normalized spacial score (nSPS) is 11.2. The van der Waals surface area contributed by atoms with Gasteiger partial charge in [-0.15, -0.1) is 11.8 Å². The molecule has 0 unspecified atom stereocenters. The fourth-order valence-corrected chi connectivity index (χ4v) is 2.89. The number of benzene rings is 2. The Morgan fingerprint density at radius 3 is 2.41 bits per heavy atom. The molecule has 0 aromatic heterocycles. The van der Waals surface area contributed by atoms with Crippen LogP contribution < -0.4 is 10.2 Å². The molecule has 1 amide bonds. The van der Waals surface area contributed by atoms with E-state index < -0.39 is 17.8 Å². The van der Waals surface area contributed by atoms with Gasteiger partial charge in [0.25, 0.3) is 0 Å². The first-order chi connectivity index (χ1) is 12.7. The second-order valence-corrected chi connectivity index (χ2v) is 6.66. The summed E-state index contributed by atoms with van der Waals surface area (Å²) < 4.78 is 44.9. The monoisotopic (exact) mass is 398 g/mol. The number of hydrogen-bond acceptors (Lipinski definition) is 4. The van der Waals surface area contributed by atoms with E-state index in [4.69, 9.17) is 0 Å². The van der Waals surface area contributed by atoms with E-state index >= 15 is 0 Å². The van der Waals surface area contributed by atoms with Crippen molar-refractivity contribution in [3.63, 3.8) is 0 Å². The van der Waals surface area contributed by atoms with Crippen molar-refractivity contribution in [2.75, 3.05) is 30.1 Å².